The Bertz CT molecular complexity index is 533. The molecule has 0 saturated carbocycles. The van der Waals surface area contributed by atoms with Crippen molar-refractivity contribution in [3.8, 4) is 5.75 Å². The highest BCUT2D eigenvalue weighted by Gasteiger charge is 2.15. The van der Waals surface area contributed by atoms with Crippen molar-refractivity contribution in [3.05, 3.63) is 28.2 Å². The van der Waals surface area contributed by atoms with Crippen LogP contribution in [0.5, 0.6) is 5.75 Å². The summed E-state index contributed by atoms with van der Waals surface area (Å²) in [5, 5.41) is 3.10. The fourth-order valence-electron chi connectivity index (χ4n) is 1.86. The van der Waals surface area contributed by atoms with Gasteiger partial charge in [0.15, 0.2) is 11.7 Å². The SMILES string of the molecule is Cc1cc(OCC(=O)NC(=S)N2CCOCC2)ccc1Br. The number of amides is 1. The fourth-order valence-corrected chi connectivity index (χ4v) is 2.40. The number of hydrogen-bond donors (Lipinski definition) is 1. The first-order valence-corrected chi connectivity index (χ1v) is 7.82. The normalized spacial score (nSPS) is 14.7. The molecule has 1 aliphatic heterocycles. The van der Waals surface area contributed by atoms with E-state index in [0.717, 1.165) is 10.0 Å². The summed E-state index contributed by atoms with van der Waals surface area (Å²) in [5.74, 6) is 0.398. The zero-order valence-corrected chi connectivity index (χ0v) is 14.1. The molecule has 1 aromatic rings. The molecule has 0 radical (unpaired) electrons. The lowest BCUT2D eigenvalue weighted by molar-refractivity contribution is -0.121. The average Bonchev–Trinajstić information content (AvgIpc) is 2.49. The number of morpholine rings is 1. The Morgan fingerprint density at radius 2 is 2.19 bits per heavy atom. The van der Waals surface area contributed by atoms with Gasteiger partial charge in [-0.15, -0.1) is 0 Å². The topological polar surface area (TPSA) is 50.8 Å². The number of thiocarbonyl (C=S) groups is 1. The third kappa shape index (κ3) is 4.94. The Kier molecular flexibility index (Phi) is 5.96. The molecule has 0 aliphatic carbocycles. The Morgan fingerprint density at radius 3 is 2.86 bits per heavy atom. The maximum atomic E-state index is 11.8. The lowest BCUT2D eigenvalue weighted by Crippen LogP contribution is -2.48. The molecule has 5 nitrogen and oxygen atoms in total. The van der Waals surface area contributed by atoms with Crippen LogP contribution in [0.2, 0.25) is 0 Å². The van der Waals surface area contributed by atoms with Crippen LogP contribution in [0.15, 0.2) is 22.7 Å². The van der Waals surface area contributed by atoms with E-state index >= 15 is 0 Å². The lowest BCUT2D eigenvalue weighted by Gasteiger charge is -2.28. The largest absolute Gasteiger partial charge is 0.484 e. The molecule has 0 unspecified atom stereocenters. The van der Waals surface area contributed by atoms with Gasteiger partial charge < -0.3 is 19.7 Å². The van der Waals surface area contributed by atoms with Gasteiger partial charge >= 0.3 is 0 Å². The van der Waals surface area contributed by atoms with Crippen LogP contribution in [0.3, 0.4) is 0 Å². The van der Waals surface area contributed by atoms with Gasteiger partial charge in [0.1, 0.15) is 5.75 Å². The standard InChI is InChI=1S/C14H17BrN2O3S/c1-10-8-11(2-3-12(10)15)20-9-13(18)16-14(21)17-4-6-19-7-5-17/h2-3,8H,4-7,9H2,1H3,(H,16,18,21). The second-order valence-electron chi connectivity index (χ2n) is 4.65. The molecule has 1 fully saturated rings. The average molecular weight is 373 g/mol. The summed E-state index contributed by atoms with van der Waals surface area (Å²) >= 11 is 8.61. The zero-order valence-electron chi connectivity index (χ0n) is 11.7. The monoisotopic (exact) mass is 372 g/mol. The number of ether oxygens (including phenoxy) is 2. The van der Waals surface area contributed by atoms with Crippen molar-refractivity contribution < 1.29 is 14.3 Å². The summed E-state index contributed by atoms with van der Waals surface area (Å²) in [6.45, 7) is 4.56. The van der Waals surface area contributed by atoms with Gasteiger partial charge in [0.05, 0.1) is 13.2 Å². The highest BCUT2D eigenvalue weighted by Crippen LogP contribution is 2.21. The molecule has 1 saturated heterocycles. The van der Waals surface area contributed by atoms with Gasteiger partial charge in [-0.25, -0.2) is 0 Å². The smallest absolute Gasteiger partial charge is 0.264 e. The molecule has 114 valence electrons. The predicted molar refractivity (Wildman–Crippen MR) is 87.5 cm³/mol. The Labute approximate surface area is 137 Å². The molecule has 1 N–H and O–H groups in total. The van der Waals surface area contributed by atoms with Crippen LogP contribution in [0.1, 0.15) is 5.56 Å². The summed E-state index contributed by atoms with van der Waals surface area (Å²) in [6, 6.07) is 5.57. The van der Waals surface area contributed by atoms with Crippen molar-refractivity contribution in [2.24, 2.45) is 0 Å². The van der Waals surface area contributed by atoms with E-state index in [1.807, 2.05) is 30.0 Å². The van der Waals surface area contributed by atoms with E-state index in [4.69, 9.17) is 21.7 Å². The summed E-state index contributed by atoms with van der Waals surface area (Å²) in [4.78, 5) is 13.7. The lowest BCUT2D eigenvalue weighted by atomic mass is 10.2. The Balaban J connectivity index is 1.78. The fraction of sp³-hybridized carbons (Fsp3) is 0.429. The van der Waals surface area contributed by atoms with Crippen LogP contribution < -0.4 is 10.1 Å². The van der Waals surface area contributed by atoms with Crippen LogP contribution in [-0.2, 0) is 9.53 Å². The molecular formula is C14H17BrN2O3S. The minimum absolute atomic E-state index is 0.0639. The van der Waals surface area contributed by atoms with Crippen molar-refractivity contribution in [1.29, 1.82) is 0 Å². The first kappa shape index (κ1) is 16.2. The predicted octanol–water partition coefficient (Wildman–Crippen LogP) is 1.87. The zero-order chi connectivity index (χ0) is 15.2. The molecule has 1 amide bonds. The summed E-state index contributed by atoms with van der Waals surface area (Å²) in [7, 11) is 0. The molecule has 0 spiro atoms. The van der Waals surface area contributed by atoms with E-state index in [0.29, 0.717) is 37.2 Å². The molecular weight excluding hydrogens is 356 g/mol. The van der Waals surface area contributed by atoms with Crippen molar-refractivity contribution >= 4 is 39.2 Å². The number of carbonyl (C=O) groups is 1. The first-order chi connectivity index (χ1) is 10.1. The van der Waals surface area contributed by atoms with Crippen LogP contribution in [0.4, 0.5) is 0 Å². The van der Waals surface area contributed by atoms with Gasteiger partial charge in [-0.3, -0.25) is 4.79 Å². The van der Waals surface area contributed by atoms with Crippen molar-refractivity contribution in [3.63, 3.8) is 0 Å². The van der Waals surface area contributed by atoms with Crippen molar-refractivity contribution in [1.82, 2.24) is 10.2 Å². The van der Waals surface area contributed by atoms with Gasteiger partial charge in [0.25, 0.3) is 5.91 Å². The summed E-state index contributed by atoms with van der Waals surface area (Å²) in [6.07, 6.45) is 0. The maximum absolute atomic E-state index is 11.8. The third-order valence-corrected chi connectivity index (χ3v) is 4.29. The summed E-state index contributed by atoms with van der Waals surface area (Å²) < 4.78 is 11.7. The number of aryl methyl sites for hydroxylation is 1. The van der Waals surface area contributed by atoms with E-state index in [2.05, 4.69) is 21.2 Å². The first-order valence-electron chi connectivity index (χ1n) is 6.62. The van der Waals surface area contributed by atoms with Crippen LogP contribution >= 0.6 is 28.1 Å². The van der Waals surface area contributed by atoms with Crippen LogP contribution in [0, 0.1) is 6.92 Å². The molecule has 1 aromatic carbocycles. The minimum atomic E-state index is -0.257. The van der Waals surface area contributed by atoms with E-state index < -0.39 is 0 Å². The Hall–Kier alpha value is -1.18. The minimum Gasteiger partial charge on any atom is -0.484 e. The van der Waals surface area contributed by atoms with Crippen LogP contribution in [0.25, 0.3) is 0 Å². The molecule has 21 heavy (non-hydrogen) atoms. The highest BCUT2D eigenvalue weighted by atomic mass is 79.9. The number of hydrogen-bond acceptors (Lipinski definition) is 4. The molecule has 0 atom stereocenters. The van der Waals surface area contributed by atoms with Crippen molar-refractivity contribution in [2.75, 3.05) is 32.9 Å². The van der Waals surface area contributed by atoms with E-state index in [9.17, 15) is 4.79 Å². The van der Waals surface area contributed by atoms with Gasteiger partial charge in [-0.05, 0) is 42.9 Å². The van der Waals surface area contributed by atoms with Crippen LogP contribution in [-0.4, -0.2) is 48.8 Å². The molecule has 1 heterocycles. The molecule has 2 rings (SSSR count). The van der Waals surface area contributed by atoms with Gasteiger partial charge in [-0.1, -0.05) is 15.9 Å². The number of nitrogens with zero attached hydrogens (tertiary/aromatic N) is 1. The van der Waals surface area contributed by atoms with Crippen molar-refractivity contribution in [2.45, 2.75) is 6.92 Å². The maximum Gasteiger partial charge on any atom is 0.264 e. The van der Waals surface area contributed by atoms with E-state index in [1.54, 1.807) is 0 Å². The number of carbonyl (C=O) groups excluding carboxylic acids is 1. The van der Waals surface area contributed by atoms with Gasteiger partial charge in [0.2, 0.25) is 0 Å². The number of nitrogens with one attached hydrogen (secondary N) is 1. The molecule has 1 aliphatic rings. The quantitative estimate of drug-likeness (QED) is 0.820. The molecule has 7 heteroatoms. The Morgan fingerprint density at radius 1 is 1.48 bits per heavy atom. The van der Waals surface area contributed by atoms with E-state index in [1.165, 1.54) is 0 Å². The van der Waals surface area contributed by atoms with Gasteiger partial charge in [-0.2, -0.15) is 0 Å². The second-order valence-corrected chi connectivity index (χ2v) is 5.89. The third-order valence-electron chi connectivity index (χ3n) is 3.04. The molecule has 0 bridgehead atoms. The molecule has 0 aromatic heterocycles. The number of rotatable bonds is 3. The van der Waals surface area contributed by atoms with E-state index in [-0.39, 0.29) is 12.5 Å². The number of halogens is 1. The highest BCUT2D eigenvalue weighted by molar-refractivity contribution is 9.10. The summed E-state index contributed by atoms with van der Waals surface area (Å²) in [5.41, 5.74) is 1.05. The number of benzene rings is 1. The second kappa shape index (κ2) is 7.72. The van der Waals surface area contributed by atoms with Gasteiger partial charge in [0, 0.05) is 17.6 Å².